The van der Waals surface area contributed by atoms with Crippen molar-refractivity contribution in [1.82, 2.24) is 5.32 Å². The number of ether oxygens (including phenoxy) is 1. The van der Waals surface area contributed by atoms with Crippen molar-refractivity contribution in [1.29, 1.82) is 5.26 Å². The van der Waals surface area contributed by atoms with E-state index in [0.717, 1.165) is 25.7 Å². The van der Waals surface area contributed by atoms with E-state index < -0.39 is 11.4 Å². The van der Waals surface area contributed by atoms with Crippen LogP contribution in [-0.2, 0) is 5.54 Å². The lowest BCUT2D eigenvalue weighted by Crippen LogP contribution is -2.50. The number of fused-ring (bicyclic) bond motifs is 2. The van der Waals surface area contributed by atoms with Gasteiger partial charge in [-0.25, -0.2) is 9.18 Å². The van der Waals surface area contributed by atoms with Crippen LogP contribution in [0.4, 0.5) is 14.9 Å². The number of para-hydroxylation sites is 1. The van der Waals surface area contributed by atoms with E-state index in [1.165, 1.54) is 18.2 Å². The summed E-state index contributed by atoms with van der Waals surface area (Å²) in [5, 5.41) is 15.4. The molecule has 2 amide bonds. The Hall–Kier alpha value is -2.78. The molecule has 1 saturated carbocycles. The van der Waals surface area contributed by atoms with Gasteiger partial charge in [-0.3, -0.25) is 0 Å². The van der Waals surface area contributed by atoms with Gasteiger partial charge in [0.05, 0.1) is 21.8 Å². The van der Waals surface area contributed by atoms with Crippen LogP contribution >= 0.6 is 11.6 Å². The zero-order valence-electron chi connectivity index (χ0n) is 13.7. The number of hydrogen-bond donors (Lipinski definition) is 2. The highest BCUT2D eigenvalue weighted by molar-refractivity contribution is 6.34. The lowest BCUT2D eigenvalue weighted by Gasteiger charge is -2.38. The molecule has 0 unspecified atom stereocenters. The smallest absolute Gasteiger partial charge is 0.319 e. The van der Waals surface area contributed by atoms with Crippen molar-refractivity contribution < 1.29 is 13.9 Å². The molecule has 132 valence electrons. The van der Waals surface area contributed by atoms with Gasteiger partial charge in [-0.15, -0.1) is 0 Å². The van der Waals surface area contributed by atoms with Crippen LogP contribution in [0.2, 0.25) is 5.02 Å². The fourth-order valence-corrected chi connectivity index (χ4v) is 4.03. The van der Waals surface area contributed by atoms with Gasteiger partial charge < -0.3 is 15.4 Å². The highest BCUT2D eigenvalue weighted by Gasteiger charge is 2.45. The number of nitrogens with zero attached hydrogens (tertiary/aromatic N) is 1. The van der Waals surface area contributed by atoms with Crippen LogP contribution in [0.5, 0.6) is 11.5 Å². The molecular formula is C19H15ClFN3O2. The average Bonchev–Trinajstić information content (AvgIpc) is 3.07. The SMILES string of the molecule is N#Cc1cccc(F)c1Oc1ccc(Cl)c2c1C1(CCCC1)NC(=O)N2. The Morgan fingerprint density at radius 1 is 1.23 bits per heavy atom. The number of carbonyl (C=O) groups excluding carboxylic acids is 1. The third-order valence-electron chi connectivity index (χ3n) is 4.94. The number of anilines is 1. The maximum absolute atomic E-state index is 14.3. The van der Waals surface area contributed by atoms with Gasteiger partial charge in [0.15, 0.2) is 11.6 Å². The molecule has 0 aromatic heterocycles. The first-order valence-corrected chi connectivity index (χ1v) is 8.70. The number of benzene rings is 2. The first kappa shape index (κ1) is 16.7. The van der Waals surface area contributed by atoms with Crippen LogP contribution in [0.25, 0.3) is 0 Å². The van der Waals surface area contributed by atoms with Gasteiger partial charge in [0.25, 0.3) is 0 Å². The summed E-state index contributed by atoms with van der Waals surface area (Å²) >= 11 is 6.31. The lowest BCUT2D eigenvalue weighted by atomic mass is 9.84. The topological polar surface area (TPSA) is 74.1 Å². The van der Waals surface area contributed by atoms with E-state index in [0.29, 0.717) is 22.0 Å². The molecule has 4 rings (SSSR count). The molecule has 0 bridgehead atoms. The summed E-state index contributed by atoms with van der Waals surface area (Å²) in [4.78, 5) is 12.1. The molecular weight excluding hydrogens is 357 g/mol. The van der Waals surface area contributed by atoms with Crippen LogP contribution in [0.1, 0.15) is 36.8 Å². The molecule has 1 aliphatic heterocycles. The van der Waals surface area contributed by atoms with Gasteiger partial charge in [0.2, 0.25) is 0 Å². The summed E-state index contributed by atoms with van der Waals surface area (Å²) in [5.74, 6) is -0.383. The van der Waals surface area contributed by atoms with Crippen molar-refractivity contribution in [3.63, 3.8) is 0 Å². The second-order valence-corrected chi connectivity index (χ2v) is 6.90. The Morgan fingerprint density at radius 2 is 2.00 bits per heavy atom. The molecule has 0 saturated heterocycles. The largest absolute Gasteiger partial charge is 0.452 e. The summed E-state index contributed by atoms with van der Waals surface area (Å²) in [6, 6.07) is 9.05. The summed E-state index contributed by atoms with van der Waals surface area (Å²) < 4.78 is 20.1. The Bertz CT molecular complexity index is 949. The van der Waals surface area contributed by atoms with Crippen molar-refractivity contribution >= 4 is 23.3 Å². The van der Waals surface area contributed by atoms with Gasteiger partial charge in [0.1, 0.15) is 11.8 Å². The van der Waals surface area contributed by atoms with Crippen molar-refractivity contribution in [3.05, 3.63) is 52.3 Å². The monoisotopic (exact) mass is 371 g/mol. The highest BCUT2D eigenvalue weighted by Crippen LogP contribution is 2.51. The quantitative estimate of drug-likeness (QED) is 0.775. The third-order valence-corrected chi connectivity index (χ3v) is 5.26. The van der Waals surface area contributed by atoms with Gasteiger partial charge in [-0.2, -0.15) is 5.26 Å². The number of carbonyl (C=O) groups is 1. The molecule has 2 aromatic carbocycles. The molecule has 1 fully saturated rings. The molecule has 26 heavy (non-hydrogen) atoms. The Balaban J connectivity index is 1.89. The normalized spacial score (nSPS) is 17.2. The number of amides is 2. The minimum absolute atomic E-state index is 0.0991. The predicted octanol–water partition coefficient (Wildman–Crippen LogP) is 5.05. The first-order valence-electron chi connectivity index (χ1n) is 8.33. The number of rotatable bonds is 2. The fourth-order valence-electron chi connectivity index (χ4n) is 3.83. The number of urea groups is 1. The van der Waals surface area contributed by atoms with Crippen LogP contribution in [0, 0.1) is 17.1 Å². The summed E-state index contributed by atoms with van der Waals surface area (Å²) in [7, 11) is 0. The van der Waals surface area contributed by atoms with E-state index in [1.54, 1.807) is 12.1 Å². The van der Waals surface area contributed by atoms with E-state index in [1.807, 2.05) is 6.07 Å². The van der Waals surface area contributed by atoms with Crippen molar-refractivity contribution in [3.8, 4) is 17.6 Å². The fraction of sp³-hybridized carbons (Fsp3) is 0.263. The summed E-state index contributed by atoms with van der Waals surface area (Å²) in [6.07, 6.45) is 3.39. The Kier molecular flexibility index (Phi) is 3.97. The number of nitrogens with one attached hydrogen (secondary N) is 2. The molecule has 2 N–H and O–H groups in total. The van der Waals surface area contributed by atoms with Crippen LogP contribution in [0.3, 0.4) is 0 Å². The molecule has 2 aromatic rings. The van der Waals surface area contributed by atoms with Gasteiger partial charge in [-0.1, -0.05) is 30.5 Å². The molecule has 7 heteroatoms. The summed E-state index contributed by atoms with van der Waals surface area (Å²) in [5.41, 5.74) is 0.677. The van der Waals surface area contributed by atoms with Crippen LogP contribution < -0.4 is 15.4 Å². The van der Waals surface area contributed by atoms with Crippen molar-refractivity contribution in [2.75, 3.05) is 5.32 Å². The molecule has 0 atom stereocenters. The van der Waals surface area contributed by atoms with Crippen LogP contribution in [0.15, 0.2) is 30.3 Å². The highest BCUT2D eigenvalue weighted by atomic mass is 35.5. The maximum atomic E-state index is 14.3. The average molecular weight is 372 g/mol. The van der Waals surface area contributed by atoms with Gasteiger partial charge in [0, 0.05) is 5.56 Å². The predicted molar refractivity (Wildman–Crippen MR) is 94.9 cm³/mol. The minimum Gasteiger partial charge on any atom is -0.452 e. The van der Waals surface area contributed by atoms with E-state index in [4.69, 9.17) is 16.3 Å². The van der Waals surface area contributed by atoms with Crippen molar-refractivity contribution in [2.24, 2.45) is 0 Å². The standard InChI is InChI=1S/C19H15ClFN3O2/c20-12-6-7-14(26-17-11(10-22)4-3-5-13(17)21)15-16(12)23-18(25)24-19(15)8-1-2-9-19/h3-7H,1-2,8-9H2,(H2,23,24,25). The van der Waals surface area contributed by atoms with E-state index in [2.05, 4.69) is 10.6 Å². The number of halogens is 2. The minimum atomic E-state index is -0.624. The molecule has 2 aliphatic rings. The second-order valence-electron chi connectivity index (χ2n) is 6.49. The van der Waals surface area contributed by atoms with E-state index in [9.17, 15) is 14.4 Å². The van der Waals surface area contributed by atoms with E-state index in [-0.39, 0.29) is 17.3 Å². The zero-order valence-corrected chi connectivity index (χ0v) is 14.5. The van der Waals surface area contributed by atoms with Gasteiger partial charge >= 0.3 is 6.03 Å². The first-order chi connectivity index (χ1) is 12.5. The third kappa shape index (κ3) is 2.56. The maximum Gasteiger partial charge on any atom is 0.319 e. The molecule has 1 aliphatic carbocycles. The summed E-state index contributed by atoms with van der Waals surface area (Å²) in [6.45, 7) is 0. The zero-order chi connectivity index (χ0) is 18.3. The molecule has 5 nitrogen and oxygen atoms in total. The Morgan fingerprint density at radius 3 is 2.73 bits per heavy atom. The molecule has 1 spiro atoms. The van der Waals surface area contributed by atoms with E-state index >= 15 is 0 Å². The van der Waals surface area contributed by atoms with Gasteiger partial charge in [-0.05, 0) is 37.1 Å². The number of nitriles is 1. The van der Waals surface area contributed by atoms with Crippen molar-refractivity contribution in [2.45, 2.75) is 31.2 Å². The van der Waals surface area contributed by atoms with Crippen LogP contribution in [-0.4, -0.2) is 6.03 Å². The Labute approximate surface area is 154 Å². The second kappa shape index (κ2) is 6.19. The number of hydrogen-bond acceptors (Lipinski definition) is 3. The lowest BCUT2D eigenvalue weighted by molar-refractivity contribution is 0.232. The molecule has 0 radical (unpaired) electrons. The molecule has 1 heterocycles.